The van der Waals surface area contributed by atoms with Gasteiger partial charge in [0.15, 0.2) is 0 Å². The Hall–Kier alpha value is -2.73. The standard InChI is InChI=1S/C21H21BrN4O/c1-13-7-8-14(2)19(10-13)26-15(3)18(20(22)16(26)4)12-24-25-21(27)17-6-5-9-23-11-17/h5-12H,1-4H3,(H,25,27)/b24-12-. The number of carbonyl (C=O) groups excluding carboxylic acids is 1. The molecule has 3 rings (SSSR count). The van der Waals surface area contributed by atoms with Crippen molar-refractivity contribution in [3.63, 3.8) is 0 Å². The maximum atomic E-state index is 12.1. The van der Waals surface area contributed by atoms with Crippen LogP contribution < -0.4 is 5.43 Å². The molecule has 0 atom stereocenters. The van der Waals surface area contributed by atoms with Crippen LogP contribution in [0.15, 0.2) is 52.3 Å². The monoisotopic (exact) mass is 424 g/mol. The number of benzene rings is 1. The van der Waals surface area contributed by atoms with Crippen LogP contribution in [0.25, 0.3) is 5.69 Å². The Kier molecular flexibility index (Phi) is 5.56. The summed E-state index contributed by atoms with van der Waals surface area (Å²) in [5, 5.41) is 4.13. The molecule has 1 N–H and O–H groups in total. The average Bonchev–Trinajstić information content (AvgIpc) is 2.87. The number of carbonyl (C=O) groups is 1. The highest BCUT2D eigenvalue weighted by atomic mass is 79.9. The maximum Gasteiger partial charge on any atom is 0.272 e. The second-order valence-corrected chi connectivity index (χ2v) is 7.26. The highest BCUT2D eigenvalue weighted by Gasteiger charge is 2.17. The van der Waals surface area contributed by atoms with Gasteiger partial charge in [0.05, 0.1) is 11.8 Å². The molecule has 0 bridgehead atoms. The molecular formula is C21H21BrN4O. The normalized spacial score (nSPS) is 11.1. The first kappa shape index (κ1) is 19.0. The molecular weight excluding hydrogens is 404 g/mol. The topological polar surface area (TPSA) is 59.3 Å². The molecule has 0 aliphatic rings. The number of hydrogen-bond donors (Lipinski definition) is 1. The minimum atomic E-state index is -0.293. The van der Waals surface area contributed by atoms with Gasteiger partial charge in [-0.1, -0.05) is 12.1 Å². The molecule has 5 nitrogen and oxygen atoms in total. The maximum absolute atomic E-state index is 12.1. The van der Waals surface area contributed by atoms with Gasteiger partial charge in [0.1, 0.15) is 0 Å². The van der Waals surface area contributed by atoms with Gasteiger partial charge in [-0.2, -0.15) is 5.10 Å². The van der Waals surface area contributed by atoms with Crippen molar-refractivity contribution in [3.8, 4) is 5.69 Å². The first-order valence-electron chi connectivity index (χ1n) is 8.58. The summed E-state index contributed by atoms with van der Waals surface area (Å²) in [6.45, 7) is 8.29. The largest absolute Gasteiger partial charge is 0.316 e. The lowest BCUT2D eigenvalue weighted by Gasteiger charge is -2.13. The van der Waals surface area contributed by atoms with E-state index in [2.05, 4.69) is 75.0 Å². The fraction of sp³-hybridized carbons (Fsp3) is 0.190. The van der Waals surface area contributed by atoms with E-state index in [0.29, 0.717) is 5.56 Å². The van der Waals surface area contributed by atoms with Crippen LogP contribution in [0.4, 0.5) is 0 Å². The molecule has 0 fully saturated rings. The molecule has 0 saturated carbocycles. The minimum Gasteiger partial charge on any atom is -0.316 e. The third kappa shape index (κ3) is 3.85. The Labute approximate surface area is 167 Å². The second-order valence-electron chi connectivity index (χ2n) is 6.46. The van der Waals surface area contributed by atoms with Crippen LogP contribution >= 0.6 is 15.9 Å². The fourth-order valence-electron chi connectivity index (χ4n) is 3.01. The van der Waals surface area contributed by atoms with Gasteiger partial charge in [0, 0.05) is 39.5 Å². The number of halogens is 1. The molecule has 0 saturated heterocycles. The van der Waals surface area contributed by atoms with Gasteiger partial charge in [-0.25, -0.2) is 5.43 Å². The lowest BCUT2D eigenvalue weighted by Crippen LogP contribution is -2.17. The van der Waals surface area contributed by atoms with Gasteiger partial charge < -0.3 is 4.57 Å². The number of rotatable bonds is 4. The number of nitrogens with one attached hydrogen (secondary N) is 1. The number of aromatic nitrogens is 2. The van der Waals surface area contributed by atoms with Crippen LogP contribution in [0.3, 0.4) is 0 Å². The zero-order chi connectivity index (χ0) is 19.6. The molecule has 0 unspecified atom stereocenters. The Morgan fingerprint density at radius 3 is 2.67 bits per heavy atom. The molecule has 3 aromatic rings. The van der Waals surface area contributed by atoms with Crippen LogP contribution in [-0.4, -0.2) is 21.7 Å². The molecule has 0 spiro atoms. The first-order chi connectivity index (χ1) is 12.9. The average molecular weight is 425 g/mol. The Morgan fingerprint density at radius 1 is 1.19 bits per heavy atom. The van der Waals surface area contributed by atoms with E-state index in [4.69, 9.17) is 0 Å². The van der Waals surface area contributed by atoms with Gasteiger partial charge in [-0.15, -0.1) is 0 Å². The highest BCUT2D eigenvalue weighted by molar-refractivity contribution is 9.10. The van der Waals surface area contributed by atoms with Gasteiger partial charge in [0.25, 0.3) is 5.91 Å². The van der Waals surface area contributed by atoms with E-state index in [1.54, 1.807) is 24.5 Å². The van der Waals surface area contributed by atoms with Crippen LogP contribution in [0.2, 0.25) is 0 Å². The summed E-state index contributed by atoms with van der Waals surface area (Å²) in [5.41, 5.74) is 9.63. The number of hydrazone groups is 1. The molecule has 2 heterocycles. The SMILES string of the molecule is Cc1ccc(C)c(-n2c(C)c(Br)c(/C=N\NC(=O)c3cccnc3)c2C)c1. The van der Waals surface area contributed by atoms with Crippen molar-refractivity contribution >= 4 is 28.1 Å². The molecule has 0 aliphatic carbocycles. The quantitative estimate of drug-likeness (QED) is 0.490. The number of nitrogens with zero attached hydrogens (tertiary/aromatic N) is 3. The van der Waals surface area contributed by atoms with E-state index in [1.165, 1.54) is 17.3 Å². The van der Waals surface area contributed by atoms with Crippen molar-refractivity contribution in [1.29, 1.82) is 0 Å². The van der Waals surface area contributed by atoms with Crippen LogP contribution in [0, 0.1) is 27.7 Å². The van der Waals surface area contributed by atoms with Crippen molar-refractivity contribution in [1.82, 2.24) is 15.0 Å². The van der Waals surface area contributed by atoms with E-state index in [0.717, 1.165) is 27.1 Å². The highest BCUT2D eigenvalue weighted by Crippen LogP contribution is 2.31. The van der Waals surface area contributed by atoms with Gasteiger partial charge in [-0.05, 0) is 73.0 Å². The summed E-state index contributed by atoms with van der Waals surface area (Å²) in [6, 6.07) is 9.82. The van der Waals surface area contributed by atoms with Crippen molar-refractivity contribution in [2.45, 2.75) is 27.7 Å². The molecule has 6 heteroatoms. The van der Waals surface area contributed by atoms with Crippen LogP contribution in [0.1, 0.15) is 38.4 Å². The lowest BCUT2D eigenvalue weighted by molar-refractivity contribution is 0.0955. The zero-order valence-corrected chi connectivity index (χ0v) is 17.3. The lowest BCUT2D eigenvalue weighted by atomic mass is 10.1. The molecule has 1 aromatic carbocycles. The van der Waals surface area contributed by atoms with Crippen molar-refractivity contribution < 1.29 is 4.79 Å². The summed E-state index contributed by atoms with van der Waals surface area (Å²) in [6.07, 6.45) is 4.80. The fourth-order valence-corrected chi connectivity index (χ4v) is 3.58. The summed E-state index contributed by atoms with van der Waals surface area (Å²) in [5.74, 6) is -0.293. The summed E-state index contributed by atoms with van der Waals surface area (Å²) in [7, 11) is 0. The summed E-state index contributed by atoms with van der Waals surface area (Å²) >= 11 is 3.67. The smallest absolute Gasteiger partial charge is 0.272 e. The van der Waals surface area contributed by atoms with Gasteiger partial charge in [-0.3, -0.25) is 9.78 Å². The van der Waals surface area contributed by atoms with E-state index >= 15 is 0 Å². The van der Waals surface area contributed by atoms with E-state index in [9.17, 15) is 4.79 Å². The van der Waals surface area contributed by atoms with Gasteiger partial charge in [0.2, 0.25) is 0 Å². The van der Waals surface area contributed by atoms with E-state index in [1.807, 2.05) is 6.92 Å². The minimum absolute atomic E-state index is 0.293. The predicted octanol–water partition coefficient (Wildman–Crippen LogP) is 4.63. The van der Waals surface area contributed by atoms with Crippen LogP contribution in [-0.2, 0) is 0 Å². The second kappa shape index (κ2) is 7.88. The molecule has 0 aliphatic heterocycles. The number of pyridine rings is 1. The van der Waals surface area contributed by atoms with Gasteiger partial charge >= 0.3 is 0 Å². The number of hydrogen-bond acceptors (Lipinski definition) is 3. The first-order valence-corrected chi connectivity index (χ1v) is 9.38. The summed E-state index contributed by atoms with van der Waals surface area (Å²) in [4.78, 5) is 16.0. The predicted molar refractivity (Wildman–Crippen MR) is 112 cm³/mol. The summed E-state index contributed by atoms with van der Waals surface area (Å²) < 4.78 is 3.16. The van der Waals surface area contributed by atoms with Crippen molar-refractivity contribution in [2.24, 2.45) is 5.10 Å². The Morgan fingerprint density at radius 2 is 1.96 bits per heavy atom. The molecule has 138 valence electrons. The number of amides is 1. The zero-order valence-electron chi connectivity index (χ0n) is 15.7. The van der Waals surface area contributed by atoms with Crippen molar-refractivity contribution in [3.05, 3.63) is 80.8 Å². The van der Waals surface area contributed by atoms with Crippen molar-refractivity contribution in [2.75, 3.05) is 0 Å². The van der Waals surface area contributed by atoms with Crippen LogP contribution in [0.5, 0.6) is 0 Å². The Bertz CT molecular complexity index is 1020. The van der Waals surface area contributed by atoms with E-state index in [-0.39, 0.29) is 5.91 Å². The third-order valence-corrected chi connectivity index (χ3v) is 5.50. The third-order valence-electron chi connectivity index (χ3n) is 4.50. The molecule has 2 aromatic heterocycles. The van der Waals surface area contributed by atoms with E-state index < -0.39 is 0 Å². The Balaban J connectivity index is 1.91. The number of aryl methyl sites for hydroxylation is 2. The molecule has 0 radical (unpaired) electrons. The molecule has 27 heavy (non-hydrogen) atoms. The molecule has 1 amide bonds.